The number of hydrogen-bond acceptors (Lipinski definition) is 6. The minimum Gasteiger partial charge on any atom is -0.497 e. The summed E-state index contributed by atoms with van der Waals surface area (Å²) in [7, 11) is 4.74. The maximum absolute atomic E-state index is 12.6. The molecule has 29 heavy (non-hydrogen) atoms. The zero-order valence-electron chi connectivity index (χ0n) is 17.0. The normalized spacial score (nSPS) is 18.8. The number of hydrogen-bond donors (Lipinski definition) is 1. The minimum absolute atomic E-state index is 0.0150. The molecule has 1 N–H and O–H groups in total. The van der Waals surface area contributed by atoms with E-state index in [2.05, 4.69) is 0 Å². The number of β-amino-alcohol motifs (C(OH)–C–C–N with tert-alkyl or cyclic N) is 1. The quantitative estimate of drug-likeness (QED) is 0.767. The summed E-state index contributed by atoms with van der Waals surface area (Å²) in [5.41, 5.74) is 0.911. The molecular formula is C22H27NO6. The molecule has 1 aliphatic heterocycles. The lowest BCUT2D eigenvalue weighted by Gasteiger charge is -2.36. The predicted octanol–water partition coefficient (Wildman–Crippen LogP) is 2.30. The number of piperidine rings is 1. The Bertz CT molecular complexity index is 823. The minimum atomic E-state index is -0.767. The van der Waals surface area contributed by atoms with E-state index in [0.717, 1.165) is 11.3 Å². The van der Waals surface area contributed by atoms with Crippen LogP contribution in [0.2, 0.25) is 0 Å². The number of ether oxygens (including phenoxy) is 4. The molecule has 2 aromatic rings. The van der Waals surface area contributed by atoms with Gasteiger partial charge in [0.1, 0.15) is 23.7 Å². The van der Waals surface area contributed by atoms with Gasteiger partial charge in [0.25, 0.3) is 0 Å². The molecule has 0 saturated carbocycles. The Hall–Kier alpha value is -2.93. The molecule has 3 rings (SSSR count). The van der Waals surface area contributed by atoms with E-state index in [1.54, 1.807) is 44.4 Å². The molecule has 2 aromatic carbocycles. The van der Waals surface area contributed by atoms with Crippen molar-refractivity contribution in [2.75, 3.05) is 34.4 Å². The highest BCUT2D eigenvalue weighted by Crippen LogP contribution is 2.32. The number of carbonyl (C=O) groups excluding carboxylic acids is 1. The van der Waals surface area contributed by atoms with Crippen molar-refractivity contribution in [2.24, 2.45) is 0 Å². The van der Waals surface area contributed by atoms with Crippen LogP contribution in [0.3, 0.4) is 0 Å². The molecule has 0 radical (unpaired) electrons. The van der Waals surface area contributed by atoms with Crippen molar-refractivity contribution in [3.63, 3.8) is 0 Å². The van der Waals surface area contributed by atoms with Crippen LogP contribution >= 0.6 is 0 Å². The summed E-state index contributed by atoms with van der Waals surface area (Å²) in [5, 5.41) is 10.5. The van der Waals surface area contributed by atoms with Gasteiger partial charge in [0.15, 0.2) is 11.5 Å². The summed E-state index contributed by atoms with van der Waals surface area (Å²) in [6.45, 7) is 0.775. The highest BCUT2D eigenvalue weighted by molar-refractivity contribution is 5.79. The lowest BCUT2D eigenvalue weighted by atomic mass is 10.0. The first-order valence-corrected chi connectivity index (χ1v) is 9.51. The van der Waals surface area contributed by atoms with Crippen molar-refractivity contribution in [1.29, 1.82) is 0 Å². The number of likely N-dealkylation sites (tertiary alicyclic amines) is 1. The van der Waals surface area contributed by atoms with Gasteiger partial charge < -0.3 is 29.0 Å². The van der Waals surface area contributed by atoms with Gasteiger partial charge in [0.2, 0.25) is 5.91 Å². The van der Waals surface area contributed by atoms with E-state index in [1.807, 2.05) is 24.3 Å². The van der Waals surface area contributed by atoms with Crippen LogP contribution in [0.25, 0.3) is 0 Å². The Balaban J connectivity index is 1.56. The number of methoxy groups -OCH3 is 3. The Morgan fingerprint density at radius 2 is 1.69 bits per heavy atom. The molecule has 156 valence electrons. The largest absolute Gasteiger partial charge is 0.497 e. The summed E-state index contributed by atoms with van der Waals surface area (Å²) >= 11 is 0. The Kier molecular flexibility index (Phi) is 6.82. The van der Waals surface area contributed by atoms with E-state index in [9.17, 15) is 9.90 Å². The third-order valence-corrected chi connectivity index (χ3v) is 5.03. The van der Waals surface area contributed by atoms with Crippen molar-refractivity contribution >= 4 is 5.91 Å². The van der Waals surface area contributed by atoms with E-state index in [4.69, 9.17) is 18.9 Å². The molecular weight excluding hydrogens is 374 g/mol. The Labute approximate surface area is 170 Å². The predicted molar refractivity (Wildman–Crippen MR) is 108 cm³/mol. The maximum Gasteiger partial charge on any atom is 0.227 e. The van der Waals surface area contributed by atoms with E-state index in [-0.39, 0.29) is 18.9 Å². The molecule has 0 spiro atoms. The van der Waals surface area contributed by atoms with Crippen molar-refractivity contribution in [3.8, 4) is 23.0 Å². The highest BCUT2D eigenvalue weighted by Gasteiger charge is 2.31. The standard InChI is InChI=1S/C22H27NO6/c1-26-16-6-4-15(5-7-16)12-22(25)23-11-10-19(18(24)14-23)29-17-8-9-20(27-2)21(13-17)28-3/h4-9,13,18-19,24H,10-12,14H2,1-3H3/t18-,19-/m1/s1. The van der Waals surface area contributed by atoms with Crippen molar-refractivity contribution < 1.29 is 28.8 Å². The van der Waals surface area contributed by atoms with E-state index in [0.29, 0.717) is 30.2 Å². The monoisotopic (exact) mass is 401 g/mol. The van der Waals surface area contributed by atoms with Crippen LogP contribution in [0.1, 0.15) is 12.0 Å². The number of carbonyl (C=O) groups is 1. The lowest BCUT2D eigenvalue weighted by Crippen LogP contribution is -2.51. The number of nitrogens with zero attached hydrogens (tertiary/aromatic N) is 1. The number of rotatable bonds is 7. The second-order valence-electron chi connectivity index (χ2n) is 6.89. The average Bonchev–Trinajstić information content (AvgIpc) is 2.75. The second-order valence-corrected chi connectivity index (χ2v) is 6.89. The third kappa shape index (κ3) is 5.12. The van der Waals surface area contributed by atoms with Gasteiger partial charge >= 0.3 is 0 Å². The van der Waals surface area contributed by atoms with Gasteiger partial charge in [-0.25, -0.2) is 0 Å². The lowest BCUT2D eigenvalue weighted by molar-refractivity contribution is -0.136. The first-order valence-electron chi connectivity index (χ1n) is 9.51. The molecule has 0 aliphatic carbocycles. The van der Waals surface area contributed by atoms with Gasteiger partial charge in [0.05, 0.1) is 34.3 Å². The molecule has 7 heteroatoms. The Morgan fingerprint density at radius 3 is 2.31 bits per heavy atom. The second kappa shape index (κ2) is 9.52. The van der Waals surface area contributed by atoms with Gasteiger partial charge in [-0.1, -0.05) is 12.1 Å². The number of benzene rings is 2. The highest BCUT2D eigenvalue weighted by atomic mass is 16.5. The van der Waals surface area contributed by atoms with E-state index < -0.39 is 12.2 Å². The summed E-state index contributed by atoms with van der Waals surface area (Å²) in [5.74, 6) is 2.50. The molecule has 0 bridgehead atoms. The maximum atomic E-state index is 12.6. The molecule has 0 aromatic heterocycles. The smallest absolute Gasteiger partial charge is 0.227 e. The van der Waals surface area contributed by atoms with Crippen LogP contribution in [0.5, 0.6) is 23.0 Å². The SMILES string of the molecule is COc1ccc(CC(=O)N2CC[C@@H](Oc3ccc(OC)c(OC)c3)[C@H](O)C2)cc1. The topological polar surface area (TPSA) is 77.5 Å². The summed E-state index contributed by atoms with van der Waals surface area (Å²) in [6.07, 6.45) is -0.322. The van der Waals surface area contributed by atoms with Gasteiger partial charge in [-0.2, -0.15) is 0 Å². The first-order chi connectivity index (χ1) is 14.0. The zero-order chi connectivity index (χ0) is 20.8. The molecule has 7 nitrogen and oxygen atoms in total. The van der Waals surface area contributed by atoms with Crippen molar-refractivity contribution in [3.05, 3.63) is 48.0 Å². The number of amides is 1. The van der Waals surface area contributed by atoms with Crippen molar-refractivity contribution in [2.45, 2.75) is 25.0 Å². The third-order valence-electron chi connectivity index (χ3n) is 5.03. The summed E-state index contributed by atoms with van der Waals surface area (Å²) in [4.78, 5) is 14.3. The molecule has 1 saturated heterocycles. The zero-order valence-corrected chi connectivity index (χ0v) is 17.0. The molecule has 1 amide bonds. The van der Waals surface area contributed by atoms with E-state index >= 15 is 0 Å². The first kappa shape index (κ1) is 20.8. The molecule has 1 aliphatic rings. The van der Waals surface area contributed by atoms with Crippen LogP contribution in [0.4, 0.5) is 0 Å². The van der Waals surface area contributed by atoms with E-state index in [1.165, 1.54) is 0 Å². The fourth-order valence-corrected chi connectivity index (χ4v) is 3.37. The molecule has 1 heterocycles. The van der Waals surface area contributed by atoms with Gasteiger partial charge in [-0.05, 0) is 29.8 Å². The van der Waals surface area contributed by atoms with Crippen molar-refractivity contribution in [1.82, 2.24) is 4.90 Å². The Morgan fingerprint density at radius 1 is 1.00 bits per heavy atom. The summed E-state index contributed by atoms with van der Waals surface area (Å²) in [6, 6.07) is 12.7. The number of aliphatic hydroxyl groups excluding tert-OH is 1. The molecule has 1 fully saturated rings. The fraction of sp³-hybridized carbons (Fsp3) is 0.409. The van der Waals surface area contributed by atoms with Gasteiger partial charge in [0, 0.05) is 19.0 Å². The molecule has 2 atom stereocenters. The average molecular weight is 401 g/mol. The number of aliphatic hydroxyl groups is 1. The van der Waals surface area contributed by atoms with Crippen LogP contribution < -0.4 is 18.9 Å². The molecule has 0 unspecified atom stereocenters. The van der Waals surface area contributed by atoms with Crippen LogP contribution in [0.15, 0.2) is 42.5 Å². The van der Waals surface area contributed by atoms with Crippen LogP contribution in [0, 0.1) is 0 Å². The fourth-order valence-electron chi connectivity index (χ4n) is 3.37. The van der Waals surface area contributed by atoms with Gasteiger partial charge in [-0.15, -0.1) is 0 Å². The van der Waals surface area contributed by atoms with Crippen LogP contribution in [-0.4, -0.2) is 62.5 Å². The summed E-state index contributed by atoms with van der Waals surface area (Å²) < 4.78 is 21.6. The van der Waals surface area contributed by atoms with Crippen LogP contribution in [-0.2, 0) is 11.2 Å². The van der Waals surface area contributed by atoms with Gasteiger partial charge in [-0.3, -0.25) is 4.79 Å².